The number of hydrogen-bond acceptors (Lipinski definition) is 2. The molecule has 0 saturated heterocycles. The van der Waals surface area contributed by atoms with Gasteiger partial charge in [-0.15, -0.1) is 0 Å². The average molecular weight is 371 g/mol. The minimum atomic E-state index is -0.927. The first-order valence-corrected chi connectivity index (χ1v) is 6.71. The molecule has 0 aliphatic carbocycles. The third-order valence-corrected chi connectivity index (χ3v) is 3.69. The number of aromatic carboxylic acids is 1. The highest BCUT2D eigenvalue weighted by atomic mass is 79.9. The molecular weight excluding hydrogens is 362 g/mol. The van der Waals surface area contributed by atoms with Crippen molar-refractivity contribution in [2.24, 2.45) is 0 Å². The van der Waals surface area contributed by atoms with Crippen LogP contribution in [0.3, 0.4) is 0 Å². The molecule has 2 rings (SSSR count). The lowest BCUT2D eigenvalue weighted by molar-refractivity contribution is 0.0697. The number of carbonyl (C=O) groups is 1. The maximum Gasteiger partial charge on any atom is 0.335 e. The third-order valence-electron chi connectivity index (χ3n) is 2.36. The van der Waals surface area contributed by atoms with E-state index in [2.05, 4.69) is 37.2 Å². The number of nitrogens with one attached hydrogen (secondary N) is 1. The van der Waals surface area contributed by atoms with Gasteiger partial charge in [-0.2, -0.15) is 0 Å². The third kappa shape index (κ3) is 2.91. The van der Waals surface area contributed by atoms with Crippen LogP contribution in [0.2, 0.25) is 0 Å². The standard InChI is InChI=1S/C13H9Br2NO2/c14-10-2-1-3-11(15)12(10)16-9-6-4-8(5-7-9)13(17)18/h1-7,16H,(H,17,18). The lowest BCUT2D eigenvalue weighted by Crippen LogP contribution is -1.97. The summed E-state index contributed by atoms with van der Waals surface area (Å²) in [5.41, 5.74) is 2.00. The Bertz CT molecular complexity index is 562. The van der Waals surface area contributed by atoms with Crippen molar-refractivity contribution >= 4 is 49.2 Å². The zero-order chi connectivity index (χ0) is 13.1. The van der Waals surface area contributed by atoms with Crippen molar-refractivity contribution in [2.45, 2.75) is 0 Å². The van der Waals surface area contributed by atoms with Crippen LogP contribution in [0.25, 0.3) is 0 Å². The lowest BCUT2D eigenvalue weighted by atomic mass is 10.2. The number of benzene rings is 2. The van der Waals surface area contributed by atoms with Gasteiger partial charge in [0, 0.05) is 14.6 Å². The van der Waals surface area contributed by atoms with Crippen molar-refractivity contribution in [3.63, 3.8) is 0 Å². The van der Waals surface area contributed by atoms with Crippen molar-refractivity contribution in [1.29, 1.82) is 0 Å². The first kappa shape index (κ1) is 13.1. The van der Waals surface area contributed by atoms with E-state index < -0.39 is 5.97 Å². The number of anilines is 2. The van der Waals surface area contributed by atoms with Crippen LogP contribution < -0.4 is 5.32 Å². The molecule has 5 heteroatoms. The van der Waals surface area contributed by atoms with E-state index in [-0.39, 0.29) is 5.56 Å². The second-order valence-electron chi connectivity index (χ2n) is 3.60. The predicted octanol–water partition coefficient (Wildman–Crippen LogP) is 4.65. The summed E-state index contributed by atoms with van der Waals surface area (Å²) >= 11 is 6.91. The molecule has 0 heterocycles. The molecule has 0 radical (unpaired) electrons. The largest absolute Gasteiger partial charge is 0.478 e. The van der Waals surface area contributed by atoms with Crippen LogP contribution in [0, 0.1) is 0 Å². The number of carboxylic acids is 1. The average Bonchev–Trinajstić information content (AvgIpc) is 2.34. The minimum Gasteiger partial charge on any atom is -0.478 e. The van der Waals surface area contributed by atoms with Crippen LogP contribution in [-0.4, -0.2) is 11.1 Å². The summed E-state index contributed by atoms with van der Waals surface area (Å²) in [7, 11) is 0. The summed E-state index contributed by atoms with van der Waals surface area (Å²) in [5.74, 6) is -0.927. The number of carboxylic acid groups (broad SMARTS) is 1. The first-order valence-electron chi connectivity index (χ1n) is 5.12. The number of halogens is 2. The summed E-state index contributed by atoms with van der Waals surface area (Å²) in [6.45, 7) is 0. The Labute approximate surface area is 121 Å². The van der Waals surface area contributed by atoms with E-state index in [0.717, 1.165) is 20.3 Å². The number of hydrogen-bond donors (Lipinski definition) is 2. The quantitative estimate of drug-likeness (QED) is 0.826. The van der Waals surface area contributed by atoms with Crippen molar-refractivity contribution in [2.75, 3.05) is 5.32 Å². The van der Waals surface area contributed by atoms with Crippen molar-refractivity contribution in [3.8, 4) is 0 Å². The van der Waals surface area contributed by atoms with E-state index >= 15 is 0 Å². The minimum absolute atomic E-state index is 0.270. The van der Waals surface area contributed by atoms with Gasteiger partial charge in [0.15, 0.2) is 0 Å². The molecule has 18 heavy (non-hydrogen) atoms. The van der Waals surface area contributed by atoms with Crippen LogP contribution in [0.1, 0.15) is 10.4 Å². The Morgan fingerprint density at radius 1 is 1.00 bits per heavy atom. The van der Waals surface area contributed by atoms with Gasteiger partial charge >= 0.3 is 5.97 Å². The fourth-order valence-corrected chi connectivity index (χ4v) is 2.65. The summed E-state index contributed by atoms with van der Waals surface area (Å²) in [4.78, 5) is 10.7. The molecule has 0 aliphatic rings. The van der Waals surface area contributed by atoms with Crippen molar-refractivity contribution in [3.05, 3.63) is 57.0 Å². The van der Waals surface area contributed by atoms with Gasteiger partial charge in [-0.1, -0.05) is 6.07 Å². The van der Waals surface area contributed by atoms with Gasteiger partial charge in [-0.05, 0) is 68.3 Å². The molecule has 0 bridgehead atoms. The zero-order valence-corrected chi connectivity index (χ0v) is 12.3. The number of para-hydroxylation sites is 1. The molecule has 2 aromatic rings. The molecule has 0 unspecified atom stereocenters. The van der Waals surface area contributed by atoms with E-state index in [0.29, 0.717) is 0 Å². The molecule has 0 aliphatic heterocycles. The first-order chi connectivity index (χ1) is 8.58. The molecule has 0 saturated carbocycles. The number of rotatable bonds is 3. The fourth-order valence-electron chi connectivity index (χ4n) is 1.46. The van der Waals surface area contributed by atoms with E-state index in [1.54, 1.807) is 24.3 Å². The Hall–Kier alpha value is -1.33. The topological polar surface area (TPSA) is 49.3 Å². The second kappa shape index (κ2) is 5.54. The van der Waals surface area contributed by atoms with Gasteiger partial charge in [0.25, 0.3) is 0 Å². The summed E-state index contributed by atoms with van der Waals surface area (Å²) in [6.07, 6.45) is 0. The van der Waals surface area contributed by atoms with Crippen LogP contribution in [0.15, 0.2) is 51.4 Å². The Morgan fingerprint density at radius 2 is 1.56 bits per heavy atom. The maximum atomic E-state index is 10.7. The Kier molecular flexibility index (Phi) is 4.04. The normalized spacial score (nSPS) is 10.1. The van der Waals surface area contributed by atoms with E-state index in [9.17, 15) is 4.79 Å². The van der Waals surface area contributed by atoms with Crippen LogP contribution in [-0.2, 0) is 0 Å². The zero-order valence-electron chi connectivity index (χ0n) is 9.15. The summed E-state index contributed by atoms with van der Waals surface area (Å²) < 4.78 is 1.86. The van der Waals surface area contributed by atoms with Gasteiger partial charge in [0.1, 0.15) is 0 Å². The summed E-state index contributed by atoms with van der Waals surface area (Å²) in [5, 5.41) is 12.0. The molecule has 0 spiro atoms. The molecular formula is C13H9Br2NO2. The van der Waals surface area contributed by atoms with Crippen LogP contribution in [0.5, 0.6) is 0 Å². The van der Waals surface area contributed by atoms with Crippen molar-refractivity contribution < 1.29 is 9.90 Å². The maximum absolute atomic E-state index is 10.7. The van der Waals surface area contributed by atoms with E-state index in [1.807, 2.05) is 18.2 Å². The molecule has 92 valence electrons. The molecule has 2 aromatic carbocycles. The predicted molar refractivity (Wildman–Crippen MR) is 78.5 cm³/mol. The highest BCUT2D eigenvalue weighted by Crippen LogP contribution is 2.33. The molecule has 2 N–H and O–H groups in total. The lowest BCUT2D eigenvalue weighted by Gasteiger charge is -2.10. The molecule has 3 nitrogen and oxygen atoms in total. The Morgan fingerprint density at radius 3 is 2.06 bits per heavy atom. The van der Waals surface area contributed by atoms with Gasteiger partial charge in [0.05, 0.1) is 11.3 Å². The fraction of sp³-hybridized carbons (Fsp3) is 0. The summed E-state index contributed by atoms with van der Waals surface area (Å²) in [6, 6.07) is 12.4. The van der Waals surface area contributed by atoms with E-state index in [1.165, 1.54) is 0 Å². The van der Waals surface area contributed by atoms with Gasteiger partial charge in [0.2, 0.25) is 0 Å². The second-order valence-corrected chi connectivity index (χ2v) is 5.31. The van der Waals surface area contributed by atoms with Crippen LogP contribution >= 0.6 is 31.9 Å². The van der Waals surface area contributed by atoms with E-state index in [4.69, 9.17) is 5.11 Å². The SMILES string of the molecule is O=C(O)c1ccc(Nc2c(Br)cccc2Br)cc1. The highest BCUT2D eigenvalue weighted by Gasteiger charge is 2.06. The smallest absolute Gasteiger partial charge is 0.335 e. The van der Waals surface area contributed by atoms with Gasteiger partial charge in [-0.25, -0.2) is 4.79 Å². The molecule has 0 atom stereocenters. The highest BCUT2D eigenvalue weighted by molar-refractivity contribution is 9.11. The molecule has 0 amide bonds. The molecule has 0 fully saturated rings. The Balaban J connectivity index is 2.26. The monoisotopic (exact) mass is 369 g/mol. The van der Waals surface area contributed by atoms with Crippen molar-refractivity contribution in [1.82, 2.24) is 0 Å². The van der Waals surface area contributed by atoms with Gasteiger partial charge in [-0.3, -0.25) is 0 Å². The molecule has 0 aromatic heterocycles. The van der Waals surface area contributed by atoms with Gasteiger partial charge < -0.3 is 10.4 Å². The van der Waals surface area contributed by atoms with Crippen LogP contribution in [0.4, 0.5) is 11.4 Å².